The number of anilines is 4. The Bertz CT molecular complexity index is 1120. The Hall–Kier alpha value is -4.18. The molecule has 0 unspecified atom stereocenters. The molecule has 4 heteroatoms. The summed E-state index contributed by atoms with van der Waals surface area (Å²) in [4.78, 5) is 0. The number of nitrogens with one attached hydrogen (secondary N) is 2. The average molecular weight is 419 g/mol. The Morgan fingerprint density at radius 3 is 1.28 bits per heavy atom. The third-order valence-electron chi connectivity index (χ3n) is 5.04. The largest absolute Gasteiger partial charge is 0.355 e. The maximum absolute atomic E-state index is 4.29. The summed E-state index contributed by atoms with van der Waals surface area (Å²) in [6.45, 7) is 4.16. The zero-order chi connectivity index (χ0) is 22.2. The van der Waals surface area contributed by atoms with Crippen LogP contribution in [0.3, 0.4) is 0 Å². The lowest BCUT2D eigenvalue weighted by atomic mass is 10.1. The molecule has 4 rings (SSSR count). The molecule has 0 radical (unpaired) electrons. The fraction of sp³-hybridized carbons (Fsp3) is 0.0714. The lowest BCUT2D eigenvalue weighted by Crippen LogP contribution is -1.96. The van der Waals surface area contributed by atoms with Crippen LogP contribution < -0.4 is 10.6 Å². The van der Waals surface area contributed by atoms with Crippen LogP contribution in [0, 0.1) is 13.8 Å². The normalized spacial score (nSPS) is 11.2. The molecule has 0 heterocycles. The fourth-order valence-electron chi connectivity index (χ4n) is 3.22. The smallest absolute Gasteiger partial charge is 0.0588 e. The van der Waals surface area contributed by atoms with E-state index >= 15 is 0 Å². The van der Waals surface area contributed by atoms with E-state index in [9.17, 15) is 0 Å². The summed E-state index contributed by atoms with van der Waals surface area (Å²) in [5.41, 5.74) is 8.45. The lowest BCUT2D eigenvalue weighted by molar-refractivity contribution is 1.26. The maximum Gasteiger partial charge on any atom is 0.0588 e. The van der Waals surface area contributed by atoms with Gasteiger partial charge in [-0.3, -0.25) is 0 Å². The van der Waals surface area contributed by atoms with E-state index in [1.54, 1.807) is 12.4 Å². The lowest BCUT2D eigenvalue weighted by Gasteiger charge is -2.09. The maximum atomic E-state index is 4.29. The fourth-order valence-corrected chi connectivity index (χ4v) is 3.22. The van der Waals surface area contributed by atoms with Crippen LogP contribution in [-0.2, 0) is 0 Å². The molecule has 0 amide bonds. The Balaban J connectivity index is 1.47. The van der Waals surface area contributed by atoms with Gasteiger partial charge in [0, 0.05) is 33.9 Å². The van der Waals surface area contributed by atoms with Crippen LogP contribution >= 0.6 is 0 Å². The van der Waals surface area contributed by atoms with Crippen LogP contribution in [0.5, 0.6) is 0 Å². The van der Waals surface area contributed by atoms with Gasteiger partial charge < -0.3 is 10.6 Å². The number of benzene rings is 4. The molecule has 0 atom stereocenters. The number of nitrogens with zero attached hydrogens (tertiary/aromatic N) is 2. The Morgan fingerprint density at radius 2 is 0.875 bits per heavy atom. The van der Waals surface area contributed by atoms with Gasteiger partial charge in [-0.1, -0.05) is 71.8 Å². The van der Waals surface area contributed by atoms with Gasteiger partial charge in [-0.05, 0) is 50.2 Å². The highest BCUT2D eigenvalue weighted by Crippen LogP contribution is 2.21. The summed E-state index contributed by atoms with van der Waals surface area (Å²) < 4.78 is 0. The summed E-state index contributed by atoms with van der Waals surface area (Å²) in [7, 11) is 0. The Morgan fingerprint density at radius 1 is 0.500 bits per heavy atom. The van der Waals surface area contributed by atoms with Crippen LogP contribution in [0.2, 0.25) is 0 Å². The van der Waals surface area contributed by atoms with E-state index in [-0.39, 0.29) is 0 Å². The number of hydrogen-bond donors (Lipinski definition) is 2. The molecule has 0 fully saturated rings. The molecule has 0 bridgehead atoms. The minimum atomic E-state index is 0.969. The average Bonchev–Trinajstić information content (AvgIpc) is 2.82. The van der Waals surface area contributed by atoms with Gasteiger partial charge in [-0.2, -0.15) is 10.2 Å². The molecule has 0 aliphatic rings. The molecule has 0 saturated carbocycles. The van der Waals surface area contributed by atoms with E-state index < -0.39 is 0 Å². The van der Waals surface area contributed by atoms with Crippen molar-refractivity contribution in [3.8, 4) is 0 Å². The van der Waals surface area contributed by atoms with Crippen LogP contribution in [0.4, 0.5) is 22.7 Å². The minimum absolute atomic E-state index is 0.969. The van der Waals surface area contributed by atoms with Crippen molar-refractivity contribution in [2.75, 3.05) is 10.6 Å². The van der Waals surface area contributed by atoms with Gasteiger partial charge in [-0.15, -0.1) is 0 Å². The standard InChI is InChI=1S/C28H26N4/c1-21-11-15-25(16-12-21)31-27-9-5-3-7-23(27)19-29-30-20-24-8-4-6-10-28(24)32-26-17-13-22(2)14-18-26/h3-20,31-32H,1-2H3/b29-19-,30-20-. The first-order valence-corrected chi connectivity index (χ1v) is 10.6. The predicted octanol–water partition coefficient (Wildman–Crippen LogP) is 7.24. The molecule has 4 nitrogen and oxygen atoms in total. The quantitative estimate of drug-likeness (QED) is 0.245. The van der Waals surface area contributed by atoms with Crippen molar-refractivity contribution in [2.45, 2.75) is 13.8 Å². The van der Waals surface area contributed by atoms with Crippen molar-refractivity contribution in [3.05, 3.63) is 119 Å². The molecule has 0 spiro atoms. The van der Waals surface area contributed by atoms with E-state index in [1.165, 1.54) is 11.1 Å². The van der Waals surface area contributed by atoms with E-state index in [0.717, 1.165) is 33.9 Å². The third-order valence-corrected chi connectivity index (χ3v) is 5.04. The Kier molecular flexibility index (Phi) is 6.73. The van der Waals surface area contributed by atoms with E-state index in [2.05, 4.69) is 83.2 Å². The van der Waals surface area contributed by atoms with Crippen LogP contribution in [0.25, 0.3) is 0 Å². The number of rotatable bonds is 7. The minimum Gasteiger partial charge on any atom is -0.355 e. The molecule has 0 aromatic heterocycles. The first-order chi connectivity index (χ1) is 15.7. The number of hydrogen-bond acceptors (Lipinski definition) is 4. The second kappa shape index (κ2) is 10.2. The molecule has 0 aliphatic carbocycles. The van der Waals surface area contributed by atoms with Crippen molar-refractivity contribution >= 4 is 35.2 Å². The van der Waals surface area contributed by atoms with Crippen LogP contribution in [-0.4, -0.2) is 12.4 Å². The van der Waals surface area contributed by atoms with Gasteiger partial charge in [0.1, 0.15) is 0 Å². The summed E-state index contributed by atoms with van der Waals surface area (Å²) in [5, 5.41) is 15.5. The van der Waals surface area contributed by atoms with Gasteiger partial charge in [0.2, 0.25) is 0 Å². The monoisotopic (exact) mass is 418 g/mol. The Labute approximate surface area is 189 Å². The molecular formula is C28H26N4. The van der Waals surface area contributed by atoms with Gasteiger partial charge in [0.25, 0.3) is 0 Å². The molecule has 4 aromatic rings. The van der Waals surface area contributed by atoms with Gasteiger partial charge in [0.15, 0.2) is 0 Å². The van der Waals surface area contributed by atoms with Crippen molar-refractivity contribution in [3.63, 3.8) is 0 Å². The van der Waals surface area contributed by atoms with Gasteiger partial charge >= 0.3 is 0 Å². The molecule has 2 N–H and O–H groups in total. The second-order valence-electron chi connectivity index (χ2n) is 7.65. The first-order valence-electron chi connectivity index (χ1n) is 10.6. The van der Waals surface area contributed by atoms with Crippen LogP contribution in [0.1, 0.15) is 22.3 Å². The van der Waals surface area contributed by atoms with E-state index in [4.69, 9.17) is 0 Å². The summed E-state index contributed by atoms with van der Waals surface area (Å²) in [6.07, 6.45) is 3.53. The van der Waals surface area contributed by atoms with E-state index in [0.29, 0.717) is 0 Å². The third kappa shape index (κ3) is 5.70. The van der Waals surface area contributed by atoms with E-state index in [1.807, 2.05) is 48.5 Å². The van der Waals surface area contributed by atoms with Crippen molar-refractivity contribution < 1.29 is 0 Å². The number of aryl methyl sites for hydroxylation is 2. The summed E-state index contributed by atoms with van der Waals surface area (Å²) >= 11 is 0. The molecule has 32 heavy (non-hydrogen) atoms. The number of para-hydroxylation sites is 2. The van der Waals surface area contributed by atoms with Gasteiger partial charge in [0.05, 0.1) is 12.4 Å². The SMILES string of the molecule is Cc1ccc(Nc2ccccc2/C=N\N=C/c2ccccc2Nc2ccc(C)cc2)cc1. The molecular weight excluding hydrogens is 392 g/mol. The van der Waals surface area contributed by atoms with Crippen molar-refractivity contribution in [2.24, 2.45) is 10.2 Å². The zero-order valence-electron chi connectivity index (χ0n) is 18.3. The molecule has 4 aromatic carbocycles. The van der Waals surface area contributed by atoms with Crippen molar-refractivity contribution in [1.29, 1.82) is 0 Å². The second-order valence-corrected chi connectivity index (χ2v) is 7.65. The highest BCUT2D eigenvalue weighted by Gasteiger charge is 2.01. The van der Waals surface area contributed by atoms with Crippen LogP contribution in [0.15, 0.2) is 107 Å². The first kappa shape index (κ1) is 21.1. The van der Waals surface area contributed by atoms with Gasteiger partial charge in [-0.25, -0.2) is 0 Å². The highest BCUT2D eigenvalue weighted by atomic mass is 15.2. The predicted molar refractivity (Wildman–Crippen MR) is 137 cm³/mol. The highest BCUT2D eigenvalue weighted by molar-refractivity contribution is 5.91. The molecule has 0 saturated heterocycles. The summed E-state index contributed by atoms with van der Waals surface area (Å²) in [5.74, 6) is 0. The molecule has 0 aliphatic heterocycles. The van der Waals surface area contributed by atoms with Crippen molar-refractivity contribution in [1.82, 2.24) is 0 Å². The topological polar surface area (TPSA) is 48.8 Å². The molecule has 158 valence electrons. The summed E-state index contributed by atoms with van der Waals surface area (Å²) in [6, 6.07) is 32.7. The zero-order valence-corrected chi connectivity index (χ0v) is 18.3.